The monoisotopic (exact) mass is 499 g/mol. The smallest absolute Gasteiger partial charge is 0.298 e. The van der Waals surface area contributed by atoms with Gasteiger partial charge in [0.15, 0.2) is 4.90 Å². The van der Waals surface area contributed by atoms with E-state index in [1.165, 1.54) is 41.6 Å². The number of hydrogen-bond donors (Lipinski definition) is 0. The number of para-hydroxylation sites is 1. The SMILES string of the molecule is CC(=O)[C@H](Cc1ccc(C(F)(F)F)cc1)N1CCN(S(=O)(=O)c2ccccc2[N+](=O)[O-])[C@@H](C)C1. The normalized spacial score (nSPS) is 19.0. The molecular formula is C22H24F3N3O5S. The van der Waals surface area contributed by atoms with E-state index in [2.05, 4.69) is 0 Å². The number of ketones is 1. The molecule has 1 aliphatic heterocycles. The van der Waals surface area contributed by atoms with Crippen LogP contribution in [0.15, 0.2) is 53.4 Å². The van der Waals surface area contributed by atoms with E-state index in [1.54, 1.807) is 11.8 Å². The first-order valence-corrected chi connectivity index (χ1v) is 11.9. The van der Waals surface area contributed by atoms with Crippen LogP contribution in [0.2, 0.25) is 0 Å². The van der Waals surface area contributed by atoms with Crippen LogP contribution in [0, 0.1) is 10.1 Å². The summed E-state index contributed by atoms with van der Waals surface area (Å²) in [6.07, 6.45) is -4.28. The van der Waals surface area contributed by atoms with Gasteiger partial charge in [-0.1, -0.05) is 24.3 Å². The lowest BCUT2D eigenvalue weighted by molar-refractivity contribution is -0.387. The zero-order valence-electron chi connectivity index (χ0n) is 18.5. The van der Waals surface area contributed by atoms with Crippen molar-refractivity contribution in [2.75, 3.05) is 19.6 Å². The molecule has 0 unspecified atom stereocenters. The molecule has 2 aromatic carbocycles. The third-order valence-corrected chi connectivity index (χ3v) is 7.93. The second-order valence-electron chi connectivity index (χ2n) is 8.21. The molecule has 1 saturated heterocycles. The van der Waals surface area contributed by atoms with E-state index in [9.17, 15) is 36.5 Å². The minimum Gasteiger partial charge on any atom is -0.298 e. The number of nitro groups is 1. The third kappa shape index (κ3) is 5.45. The molecule has 0 amide bonds. The molecule has 184 valence electrons. The Labute approximate surface area is 195 Å². The van der Waals surface area contributed by atoms with Crippen LogP contribution >= 0.6 is 0 Å². The van der Waals surface area contributed by atoms with Gasteiger partial charge in [0, 0.05) is 31.7 Å². The molecule has 0 N–H and O–H groups in total. The van der Waals surface area contributed by atoms with Crippen LogP contribution in [0.4, 0.5) is 18.9 Å². The molecule has 0 aromatic heterocycles. The van der Waals surface area contributed by atoms with Gasteiger partial charge in [-0.05, 0) is 44.0 Å². The highest BCUT2D eigenvalue weighted by Crippen LogP contribution is 2.31. The first-order valence-electron chi connectivity index (χ1n) is 10.5. The number of rotatable bonds is 7. The topological polar surface area (TPSA) is 101 Å². The predicted molar refractivity (Wildman–Crippen MR) is 118 cm³/mol. The van der Waals surface area contributed by atoms with Crippen LogP contribution in [0.3, 0.4) is 0 Å². The quantitative estimate of drug-likeness (QED) is 0.427. The summed E-state index contributed by atoms with van der Waals surface area (Å²) in [6, 6.07) is 8.48. The average molecular weight is 500 g/mol. The van der Waals surface area contributed by atoms with E-state index in [0.29, 0.717) is 5.56 Å². The molecule has 2 aromatic rings. The fourth-order valence-corrected chi connectivity index (χ4v) is 5.92. The van der Waals surface area contributed by atoms with Crippen molar-refractivity contribution in [2.24, 2.45) is 0 Å². The second kappa shape index (κ2) is 9.80. The van der Waals surface area contributed by atoms with Crippen LogP contribution in [-0.2, 0) is 27.4 Å². The number of hydrogen-bond acceptors (Lipinski definition) is 6. The molecule has 0 bridgehead atoms. The van der Waals surface area contributed by atoms with E-state index in [-0.39, 0.29) is 31.8 Å². The Morgan fingerprint density at radius 2 is 1.76 bits per heavy atom. The van der Waals surface area contributed by atoms with Gasteiger partial charge < -0.3 is 0 Å². The molecule has 0 radical (unpaired) electrons. The number of Topliss-reactive ketones (excluding diaryl/α,β-unsaturated/α-hetero) is 1. The Balaban J connectivity index is 1.77. The van der Waals surface area contributed by atoms with Crippen molar-refractivity contribution >= 4 is 21.5 Å². The number of nitro benzene ring substituents is 1. The zero-order chi connectivity index (χ0) is 25.3. The van der Waals surface area contributed by atoms with Crippen molar-refractivity contribution in [1.29, 1.82) is 0 Å². The number of piperazine rings is 1. The van der Waals surface area contributed by atoms with Gasteiger partial charge in [-0.25, -0.2) is 8.42 Å². The number of alkyl halides is 3. The van der Waals surface area contributed by atoms with Crippen molar-refractivity contribution < 1.29 is 31.3 Å². The van der Waals surface area contributed by atoms with E-state index in [0.717, 1.165) is 18.2 Å². The molecule has 0 aliphatic carbocycles. The summed E-state index contributed by atoms with van der Waals surface area (Å²) in [5, 5.41) is 11.3. The number of carbonyl (C=O) groups is 1. The highest BCUT2D eigenvalue weighted by Gasteiger charge is 2.39. The van der Waals surface area contributed by atoms with Gasteiger partial charge in [0.25, 0.3) is 5.69 Å². The lowest BCUT2D eigenvalue weighted by Crippen LogP contribution is -2.58. The highest BCUT2D eigenvalue weighted by atomic mass is 32.2. The minimum atomic E-state index is -4.45. The molecule has 3 rings (SSSR count). The molecule has 1 fully saturated rings. The Hall–Kier alpha value is -2.83. The standard InChI is InChI=1S/C22H24F3N3O5S/c1-15-14-26(20(16(2)29)13-17-7-9-18(10-8-17)22(23,24)25)11-12-27(15)34(32,33)21-6-4-3-5-19(21)28(30)31/h3-10,15,20H,11-14H2,1-2H3/t15-,20-/m0/s1. The van der Waals surface area contributed by atoms with Crippen LogP contribution < -0.4 is 0 Å². The summed E-state index contributed by atoms with van der Waals surface area (Å²) < 4.78 is 66.0. The third-order valence-electron chi connectivity index (χ3n) is 5.87. The van der Waals surface area contributed by atoms with Gasteiger partial charge in [0.1, 0.15) is 5.78 Å². The summed E-state index contributed by atoms with van der Waals surface area (Å²) in [7, 11) is -4.16. The van der Waals surface area contributed by atoms with Crippen LogP contribution in [-0.4, -0.2) is 60.0 Å². The first-order chi connectivity index (χ1) is 15.8. The predicted octanol–water partition coefficient (Wildman–Crippen LogP) is 3.51. The number of nitrogens with zero attached hydrogens (tertiary/aromatic N) is 3. The lowest BCUT2D eigenvalue weighted by atomic mass is 9.99. The fourth-order valence-electron chi connectivity index (χ4n) is 4.14. The van der Waals surface area contributed by atoms with E-state index in [1.807, 2.05) is 0 Å². The van der Waals surface area contributed by atoms with Gasteiger partial charge >= 0.3 is 6.18 Å². The maximum Gasteiger partial charge on any atom is 0.416 e. The number of halogens is 3. The summed E-state index contributed by atoms with van der Waals surface area (Å²) in [5.41, 5.74) is -0.741. The molecule has 2 atom stereocenters. The molecule has 8 nitrogen and oxygen atoms in total. The molecule has 34 heavy (non-hydrogen) atoms. The van der Waals surface area contributed by atoms with Gasteiger partial charge in [0.05, 0.1) is 16.5 Å². The van der Waals surface area contributed by atoms with Crippen LogP contribution in [0.1, 0.15) is 25.0 Å². The van der Waals surface area contributed by atoms with E-state index < -0.39 is 49.4 Å². The lowest BCUT2D eigenvalue weighted by Gasteiger charge is -2.41. The summed E-state index contributed by atoms with van der Waals surface area (Å²) in [4.78, 5) is 24.3. The van der Waals surface area contributed by atoms with Crippen molar-refractivity contribution in [3.8, 4) is 0 Å². The van der Waals surface area contributed by atoms with E-state index in [4.69, 9.17) is 0 Å². The first kappa shape index (κ1) is 25.8. The largest absolute Gasteiger partial charge is 0.416 e. The van der Waals surface area contributed by atoms with Gasteiger partial charge in [-0.3, -0.25) is 19.8 Å². The molecule has 1 heterocycles. The van der Waals surface area contributed by atoms with Crippen molar-refractivity contribution in [1.82, 2.24) is 9.21 Å². The van der Waals surface area contributed by atoms with Gasteiger partial charge in [-0.2, -0.15) is 17.5 Å². The summed E-state index contributed by atoms with van der Waals surface area (Å²) >= 11 is 0. The van der Waals surface area contributed by atoms with Crippen molar-refractivity contribution in [3.05, 3.63) is 69.8 Å². The number of sulfonamides is 1. The maximum atomic E-state index is 13.2. The molecular weight excluding hydrogens is 475 g/mol. The Kier molecular flexibility index (Phi) is 7.44. The summed E-state index contributed by atoms with van der Waals surface area (Å²) in [5.74, 6) is -0.192. The number of carbonyl (C=O) groups excluding carboxylic acids is 1. The highest BCUT2D eigenvalue weighted by molar-refractivity contribution is 7.89. The summed E-state index contributed by atoms with van der Waals surface area (Å²) in [6.45, 7) is 3.41. The van der Waals surface area contributed by atoms with Gasteiger partial charge in [0.2, 0.25) is 10.0 Å². The second-order valence-corrected chi connectivity index (χ2v) is 10.1. The minimum absolute atomic E-state index is 0.00629. The van der Waals surface area contributed by atoms with Crippen molar-refractivity contribution in [2.45, 2.75) is 43.4 Å². The Morgan fingerprint density at radius 1 is 1.15 bits per heavy atom. The maximum absolute atomic E-state index is 13.2. The van der Waals surface area contributed by atoms with Crippen LogP contribution in [0.5, 0.6) is 0 Å². The average Bonchev–Trinajstić information content (AvgIpc) is 2.76. The molecule has 12 heteroatoms. The Morgan fingerprint density at radius 3 is 2.29 bits per heavy atom. The molecule has 1 aliphatic rings. The molecule has 0 saturated carbocycles. The van der Waals surface area contributed by atoms with Crippen molar-refractivity contribution in [3.63, 3.8) is 0 Å². The van der Waals surface area contributed by atoms with Gasteiger partial charge in [-0.15, -0.1) is 0 Å². The molecule has 0 spiro atoms. The van der Waals surface area contributed by atoms with Crippen LogP contribution in [0.25, 0.3) is 0 Å². The Bertz CT molecular complexity index is 1170. The number of benzene rings is 2. The fraction of sp³-hybridized carbons (Fsp3) is 0.409. The zero-order valence-corrected chi connectivity index (χ0v) is 19.3. The van der Waals surface area contributed by atoms with E-state index >= 15 is 0 Å².